The zero-order valence-corrected chi connectivity index (χ0v) is 14.7. The molecule has 0 aliphatic heterocycles. The number of amides is 2. The average Bonchev–Trinajstić information content (AvgIpc) is 2.63. The Bertz CT molecular complexity index is 754. The largest absolute Gasteiger partial charge is 0.573 e. The minimum absolute atomic E-state index is 0.121. The Hall–Kier alpha value is -2.97. The Balaban J connectivity index is 1.89. The minimum atomic E-state index is -4.80. The van der Waals surface area contributed by atoms with Crippen LogP contribution in [0.15, 0.2) is 42.6 Å². The van der Waals surface area contributed by atoms with Crippen molar-refractivity contribution < 1.29 is 27.4 Å². The molecule has 6 nitrogen and oxygen atoms in total. The summed E-state index contributed by atoms with van der Waals surface area (Å²) in [6.45, 7) is 2.52. The number of ether oxygens (including phenoxy) is 2. The molecule has 1 aromatic carbocycles. The molecule has 0 aliphatic rings. The maximum Gasteiger partial charge on any atom is 0.573 e. The molecule has 0 aliphatic carbocycles. The van der Waals surface area contributed by atoms with E-state index in [1.807, 2.05) is 6.92 Å². The first-order valence-corrected chi connectivity index (χ1v) is 8.31. The normalized spacial score (nSPS) is 11.0. The van der Waals surface area contributed by atoms with Crippen molar-refractivity contribution in [1.82, 2.24) is 15.6 Å². The number of carbonyl (C=O) groups is 1. The monoisotopic (exact) mass is 383 g/mol. The fraction of sp³-hybridized carbons (Fsp3) is 0.333. The summed E-state index contributed by atoms with van der Waals surface area (Å²) in [4.78, 5) is 16.1. The lowest BCUT2D eigenvalue weighted by atomic mass is 10.2. The van der Waals surface area contributed by atoms with Crippen molar-refractivity contribution in [2.75, 3.05) is 6.61 Å². The molecule has 0 atom stereocenters. The fourth-order valence-corrected chi connectivity index (χ4v) is 2.17. The van der Waals surface area contributed by atoms with Gasteiger partial charge < -0.3 is 20.1 Å². The predicted octanol–water partition coefficient (Wildman–Crippen LogP) is 3.77. The topological polar surface area (TPSA) is 72.5 Å². The SMILES string of the molecule is CCCOc1ncccc1CNC(=O)NCc1ccccc1OC(F)(F)F. The van der Waals surface area contributed by atoms with E-state index < -0.39 is 12.4 Å². The second-order valence-electron chi connectivity index (χ2n) is 5.51. The number of nitrogens with one attached hydrogen (secondary N) is 2. The molecule has 146 valence electrons. The molecule has 1 heterocycles. The van der Waals surface area contributed by atoms with E-state index in [9.17, 15) is 18.0 Å². The van der Waals surface area contributed by atoms with Gasteiger partial charge in [-0.25, -0.2) is 9.78 Å². The van der Waals surface area contributed by atoms with Crippen molar-refractivity contribution in [3.63, 3.8) is 0 Å². The highest BCUT2D eigenvalue weighted by Crippen LogP contribution is 2.26. The van der Waals surface area contributed by atoms with Crippen LogP contribution in [0, 0.1) is 0 Å². The van der Waals surface area contributed by atoms with Crippen LogP contribution >= 0.6 is 0 Å². The van der Waals surface area contributed by atoms with Crippen molar-refractivity contribution in [2.45, 2.75) is 32.8 Å². The summed E-state index contributed by atoms with van der Waals surface area (Å²) >= 11 is 0. The number of nitrogens with zero attached hydrogens (tertiary/aromatic N) is 1. The van der Waals surface area contributed by atoms with E-state index >= 15 is 0 Å². The van der Waals surface area contributed by atoms with E-state index in [0.717, 1.165) is 6.42 Å². The molecular formula is C18H20F3N3O3. The third-order valence-corrected chi connectivity index (χ3v) is 3.37. The fourth-order valence-electron chi connectivity index (χ4n) is 2.17. The lowest BCUT2D eigenvalue weighted by Gasteiger charge is -2.14. The summed E-state index contributed by atoms with van der Waals surface area (Å²) in [5.41, 5.74) is 0.903. The molecule has 2 N–H and O–H groups in total. The third kappa shape index (κ3) is 7.04. The van der Waals surface area contributed by atoms with Crippen LogP contribution in [0.4, 0.5) is 18.0 Å². The molecule has 27 heavy (non-hydrogen) atoms. The Morgan fingerprint density at radius 3 is 2.44 bits per heavy atom. The number of halogens is 3. The summed E-state index contributed by atoms with van der Waals surface area (Å²) in [5, 5.41) is 5.12. The van der Waals surface area contributed by atoms with Gasteiger partial charge in [0.2, 0.25) is 5.88 Å². The van der Waals surface area contributed by atoms with Gasteiger partial charge in [0.1, 0.15) is 5.75 Å². The van der Waals surface area contributed by atoms with E-state index in [2.05, 4.69) is 20.4 Å². The number of aromatic nitrogens is 1. The molecule has 0 saturated carbocycles. The van der Waals surface area contributed by atoms with E-state index in [0.29, 0.717) is 18.1 Å². The van der Waals surface area contributed by atoms with Gasteiger partial charge in [-0.3, -0.25) is 0 Å². The quantitative estimate of drug-likeness (QED) is 0.728. The van der Waals surface area contributed by atoms with Gasteiger partial charge >= 0.3 is 12.4 Å². The van der Waals surface area contributed by atoms with Gasteiger partial charge in [-0.05, 0) is 18.6 Å². The molecule has 0 fully saturated rings. The lowest BCUT2D eigenvalue weighted by molar-refractivity contribution is -0.274. The third-order valence-electron chi connectivity index (χ3n) is 3.37. The van der Waals surface area contributed by atoms with E-state index in [1.54, 1.807) is 24.4 Å². The number of urea groups is 1. The van der Waals surface area contributed by atoms with Gasteiger partial charge in [0.25, 0.3) is 0 Å². The van der Waals surface area contributed by atoms with Crippen molar-refractivity contribution >= 4 is 6.03 Å². The van der Waals surface area contributed by atoms with Gasteiger partial charge in [-0.2, -0.15) is 0 Å². The van der Waals surface area contributed by atoms with Crippen LogP contribution in [-0.4, -0.2) is 24.0 Å². The van der Waals surface area contributed by atoms with Crippen LogP contribution < -0.4 is 20.1 Å². The minimum Gasteiger partial charge on any atom is -0.477 e. The first kappa shape index (κ1) is 20.3. The predicted molar refractivity (Wildman–Crippen MR) is 92.2 cm³/mol. The summed E-state index contributed by atoms with van der Waals surface area (Å²) < 4.78 is 46.7. The van der Waals surface area contributed by atoms with Crippen LogP contribution in [0.2, 0.25) is 0 Å². The number of hydrogen-bond donors (Lipinski definition) is 2. The Labute approximate surface area is 154 Å². The zero-order chi connectivity index (χ0) is 19.7. The molecule has 2 rings (SSSR count). The molecular weight excluding hydrogens is 363 g/mol. The Morgan fingerprint density at radius 2 is 1.74 bits per heavy atom. The molecule has 2 aromatic rings. The first-order valence-electron chi connectivity index (χ1n) is 8.31. The van der Waals surface area contributed by atoms with Crippen molar-refractivity contribution in [3.8, 4) is 11.6 Å². The summed E-state index contributed by atoms with van der Waals surface area (Å²) in [7, 11) is 0. The standard InChI is InChI=1S/C18H20F3N3O3/c1-2-10-26-16-14(7-5-9-22-16)12-24-17(25)23-11-13-6-3-4-8-15(13)27-18(19,20)21/h3-9H,2,10-12H2,1H3,(H2,23,24,25). The van der Waals surface area contributed by atoms with Gasteiger partial charge in [0.05, 0.1) is 6.61 Å². The molecule has 1 aromatic heterocycles. The molecule has 0 bridgehead atoms. The number of rotatable bonds is 8. The van der Waals surface area contributed by atoms with Gasteiger partial charge in [0.15, 0.2) is 0 Å². The molecule has 2 amide bonds. The highest BCUT2D eigenvalue weighted by Gasteiger charge is 2.31. The van der Waals surface area contributed by atoms with Crippen LogP contribution in [0.1, 0.15) is 24.5 Å². The molecule has 0 saturated heterocycles. The van der Waals surface area contributed by atoms with Gasteiger partial charge in [-0.15, -0.1) is 13.2 Å². The van der Waals surface area contributed by atoms with Crippen LogP contribution in [0.5, 0.6) is 11.6 Å². The molecule has 0 spiro atoms. The van der Waals surface area contributed by atoms with Gasteiger partial charge in [-0.1, -0.05) is 31.2 Å². The summed E-state index contributed by atoms with van der Waals surface area (Å²) in [6, 6.07) is 8.57. The maximum absolute atomic E-state index is 12.4. The first-order chi connectivity index (χ1) is 12.9. The summed E-state index contributed by atoms with van der Waals surface area (Å²) in [5.74, 6) is 0.0800. The number of carbonyl (C=O) groups excluding carboxylic acids is 1. The van der Waals surface area contributed by atoms with Gasteiger partial charge in [0, 0.05) is 30.4 Å². The van der Waals surface area contributed by atoms with E-state index in [4.69, 9.17) is 4.74 Å². The van der Waals surface area contributed by atoms with Crippen LogP contribution in [0.25, 0.3) is 0 Å². The number of para-hydroxylation sites is 1. The Morgan fingerprint density at radius 1 is 1.07 bits per heavy atom. The Kier molecular flexibility index (Phi) is 7.27. The highest BCUT2D eigenvalue weighted by atomic mass is 19.4. The van der Waals surface area contributed by atoms with E-state index in [1.165, 1.54) is 18.2 Å². The van der Waals surface area contributed by atoms with Crippen molar-refractivity contribution in [1.29, 1.82) is 0 Å². The van der Waals surface area contributed by atoms with Crippen LogP contribution in [-0.2, 0) is 13.1 Å². The summed E-state index contributed by atoms with van der Waals surface area (Å²) in [6.07, 6.45) is -2.39. The van der Waals surface area contributed by atoms with Crippen LogP contribution in [0.3, 0.4) is 0 Å². The van der Waals surface area contributed by atoms with Crippen molar-refractivity contribution in [3.05, 3.63) is 53.7 Å². The number of benzene rings is 1. The lowest BCUT2D eigenvalue weighted by Crippen LogP contribution is -2.35. The highest BCUT2D eigenvalue weighted by molar-refractivity contribution is 5.74. The number of alkyl halides is 3. The second-order valence-corrected chi connectivity index (χ2v) is 5.51. The average molecular weight is 383 g/mol. The molecule has 0 unspecified atom stereocenters. The zero-order valence-electron chi connectivity index (χ0n) is 14.7. The maximum atomic E-state index is 12.4. The molecule has 9 heteroatoms. The number of pyridine rings is 1. The molecule has 0 radical (unpaired) electrons. The van der Waals surface area contributed by atoms with E-state index in [-0.39, 0.29) is 24.4 Å². The smallest absolute Gasteiger partial charge is 0.477 e. The number of hydrogen-bond acceptors (Lipinski definition) is 4. The van der Waals surface area contributed by atoms with Crippen molar-refractivity contribution in [2.24, 2.45) is 0 Å². The second kappa shape index (κ2) is 9.65.